The number of aliphatic hydroxyl groups excluding tert-OH is 1. The van der Waals surface area contributed by atoms with E-state index in [1.54, 1.807) is 6.07 Å². The lowest BCUT2D eigenvalue weighted by molar-refractivity contribution is 0.202. The lowest BCUT2D eigenvalue weighted by atomic mass is 10.3. The fraction of sp³-hybridized carbons (Fsp3) is 0.300. The number of rotatable bonds is 4. The molecule has 0 saturated heterocycles. The molecule has 0 heterocycles. The minimum Gasteiger partial charge on any atom is -0.391 e. The molecule has 1 atom stereocenters. The molecular weight excluding hydrogens is 250 g/mol. The summed E-state index contributed by atoms with van der Waals surface area (Å²) in [6.07, 6.45) is -1.36. The fourth-order valence-electron chi connectivity index (χ4n) is 1.16. The second kappa shape index (κ2) is 5.30. The van der Waals surface area contributed by atoms with Crippen molar-refractivity contribution < 1.29 is 13.5 Å². The summed E-state index contributed by atoms with van der Waals surface area (Å²) in [7, 11) is -3.56. The van der Waals surface area contributed by atoms with Crippen molar-refractivity contribution >= 4 is 21.4 Å². The number of hydrogen-bond acceptors (Lipinski definition) is 4. The molecule has 0 aliphatic rings. The first-order valence-corrected chi connectivity index (χ1v) is 6.52. The van der Waals surface area contributed by atoms with E-state index in [1.807, 2.05) is 0 Å². The van der Waals surface area contributed by atoms with E-state index in [9.17, 15) is 13.5 Å². The van der Waals surface area contributed by atoms with Gasteiger partial charge in [0.05, 0.1) is 29.2 Å². The van der Waals surface area contributed by atoms with Gasteiger partial charge < -0.3 is 5.11 Å². The van der Waals surface area contributed by atoms with Gasteiger partial charge in [0.25, 0.3) is 0 Å². The van der Waals surface area contributed by atoms with Crippen molar-refractivity contribution in [1.82, 2.24) is 0 Å². The maximum atomic E-state index is 11.7. The molecule has 0 bridgehead atoms. The quantitative estimate of drug-likeness (QED) is 0.886. The molecule has 0 amide bonds. The van der Waals surface area contributed by atoms with E-state index in [4.69, 9.17) is 16.9 Å². The van der Waals surface area contributed by atoms with Gasteiger partial charge >= 0.3 is 0 Å². The van der Waals surface area contributed by atoms with Gasteiger partial charge in [-0.3, -0.25) is 0 Å². The van der Waals surface area contributed by atoms with Gasteiger partial charge in [0, 0.05) is 5.02 Å². The van der Waals surface area contributed by atoms with E-state index in [0.29, 0.717) is 5.02 Å². The topological polar surface area (TPSA) is 78.2 Å². The third kappa shape index (κ3) is 3.49. The summed E-state index contributed by atoms with van der Waals surface area (Å²) >= 11 is 5.63. The highest BCUT2D eigenvalue weighted by atomic mass is 35.5. The van der Waals surface area contributed by atoms with Gasteiger partial charge in [-0.2, -0.15) is 5.26 Å². The standard InChI is InChI=1S/C10H10ClNO3S/c11-8-1-3-10(4-2-8)16(14,15)7-9(13)5-6-12/h1-4,9,13H,5,7H2. The van der Waals surface area contributed by atoms with Crippen LogP contribution in [0.4, 0.5) is 0 Å². The smallest absolute Gasteiger partial charge is 0.180 e. The Morgan fingerprint density at radius 2 is 1.94 bits per heavy atom. The van der Waals surface area contributed by atoms with Gasteiger partial charge in [-0.1, -0.05) is 11.6 Å². The van der Waals surface area contributed by atoms with Gasteiger partial charge in [0.15, 0.2) is 9.84 Å². The molecular formula is C10H10ClNO3S. The minimum atomic E-state index is -3.56. The maximum Gasteiger partial charge on any atom is 0.180 e. The Morgan fingerprint density at radius 3 is 2.44 bits per heavy atom. The van der Waals surface area contributed by atoms with Gasteiger partial charge in [-0.05, 0) is 24.3 Å². The highest BCUT2D eigenvalue weighted by Gasteiger charge is 2.19. The van der Waals surface area contributed by atoms with Crippen molar-refractivity contribution in [3.63, 3.8) is 0 Å². The first-order valence-electron chi connectivity index (χ1n) is 4.49. The van der Waals surface area contributed by atoms with E-state index in [-0.39, 0.29) is 11.3 Å². The molecule has 0 aromatic heterocycles. The Bertz CT molecular complexity index is 490. The van der Waals surface area contributed by atoms with Crippen molar-refractivity contribution in [1.29, 1.82) is 5.26 Å². The van der Waals surface area contributed by atoms with Crippen LogP contribution in [-0.2, 0) is 9.84 Å². The summed E-state index contributed by atoms with van der Waals surface area (Å²) < 4.78 is 23.4. The molecule has 0 aliphatic heterocycles. The molecule has 4 nitrogen and oxygen atoms in total. The second-order valence-corrected chi connectivity index (χ2v) is 5.72. The Hall–Kier alpha value is -1.09. The Kier molecular flexibility index (Phi) is 4.30. The average Bonchev–Trinajstić information content (AvgIpc) is 2.17. The van der Waals surface area contributed by atoms with Crippen LogP contribution in [0.3, 0.4) is 0 Å². The minimum absolute atomic E-state index is 0.0916. The van der Waals surface area contributed by atoms with Crippen molar-refractivity contribution in [2.75, 3.05) is 5.75 Å². The normalized spacial score (nSPS) is 13.1. The summed E-state index contributed by atoms with van der Waals surface area (Å²) in [5.41, 5.74) is 0. The molecule has 1 aromatic rings. The molecule has 0 saturated carbocycles. The van der Waals surface area contributed by atoms with E-state index in [1.165, 1.54) is 24.3 Å². The first kappa shape index (κ1) is 13.0. The SMILES string of the molecule is N#CCC(O)CS(=O)(=O)c1ccc(Cl)cc1. The highest BCUT2D eigenvalue weighted by Crippen LogP contribution is 2.16. The summed E-state index contributed by atoms with van der Waals surface area (Å²) in [5.74, 6) is -0.456. The van der Waals surface area contributed by atoms with Gasteiger partial charge in [0.2, 0.25) is 0 Å². The van der Waals surface area contributed by atoms with E-state index >= 15 is 0 Å². The highest BCUT2D eigenvalue weighted by molar-refractivity contribution is 7.91. The number of halogens is 1. The number of aliphatic hydroxyl groups is 1. The van der Waals surface area contributed by atoms with Crippen LogP contribution in [0.1, 0.15) is 6.42 Å². The van der Waals surface area contributed by atoms with Crippen LogP contribution >= 0.6 is 11.6 Å². The molecule has 0 fully saturated rings. The third-order valence-corrected chi connectivity index (χ3v) is 3.98. The molecule has 0 aliphatic carbocycles. The second-order valence-electron chi connectivity index (χ2n) is 3.25. The fourth-order valence-corrected chi connectivity index (χ4v) is 2.65. The van der Waals surface area contributed by atoms with Crippen LogP contribution < -0.4 is 0 Å². The molecule has 16 heavy (non-hydrogen) atoms. The molecule has 86 valence electrons. The van der Waals surface area contributed by atoms with Crippen molar-refractivity contribution in [2.24, 2.45) is 0 Å². The zero-order valence-corrected chi connectivity index (χ0v) is 9.87. The molecule has 0 radical (unpaired) electrons. The van der Waals surface area contributed by atoms with Crippen LogP contribution in [-0.4, -0.2) is 25.4 Å². The Morgan fingerprint density at radius 1 is 1.38 bits per heavy atom. The monoisotopic (exact) mass is 259 g/mol. The largest absolute Gasteiger partial charge is 0.391 e. The number of sulfone groups is 1. The lowest BCUT2D eigenvalue weighted by Gasteiger charge is -2.07. The zero-order valence-electron chi connectivity index (χ0n) is 8.30. The van der Waals surface area contributed by atoms with Crippen molar-refractivity contribution in [3.05, 3.63) is 29.3 Å². The number of hydrogen-bond donors (Lipinski definition) is 1. The van der Waals surface area contributed by atoms with Crippen LogP contribution in [0.15, 0.2) is 29.2 Å². The maximum absolute atomic E-state index is 11.7. The number of benzene rings is 1. The summed E-state index contributed by atoms with van der Waals surface area (Å²) in [4.78, 5) is 0.0916. The van der Waals surface area contributed by atoms with Crippen LogP contribution in [0.5, 0.6) is 0 Å². The van der Waals surface area contributed by atoms with Gasteiger partial charge in [-0.15, -0.1) is 0 Å². The Labute approximate surface area is 99.0 Å². The van der Waals surface area contributed by atoms with E-state index < -0.39 is 21.7 Å². The molecule has 1 unspecified atom stereocenters. The van der Waals surface area contributed by atoms with E-state index in [0.717, 1.165) is 0 Å². The summed E-state index contributed by atoms with van der Waals surface area (Å²) in [6.45, 7) is 0. The van der Waals surface area contributed by atoms with Crippen LogP contribution in [0.25, 0.3) is 0 Å². The predicted molar refractivity (Wildman–Crippen MR) is 59.7 cm³/mol. The third-order valence-electron chi connectivity index (χ3n) is 1.91. The molecule has 1 aromatic carbocycles. The summed E-state index contributed by atoms with van der Waals surface area (Å²) in [6, 6.07) is 7.39. The molecule has 0 spiro atoms. The Balaban J connectivity index is 2.87. The lowest BCUT2D eigenvalue weighted by Crippen LogP contribution is -2.20. The van der Waals surface area contributed by atoms with Gasteiger partial charge in [-0.25, -0.2) is 8.42 Å². The predicted octanol–water partition coefficient (Wildman–Crippen LogP) is 1.39. The van der Waals surface area contributed by atoms with Crippen molar-refractivity contribution in [2.45, 2.75) is 17.4 Å². The number of nitrogens with zero attached hydrogens (tertiary/aromatic N) is 1. The molecule has 6 heteroatoms. The molecule has 1 rings (SSSR count). The van der Waals surface area contributed by atoms with Gasteiger partial charge in [0.1, 0.15) is 0 Å². The molecule has 1 N–H and O–H groups in total. The average molecular weight is 260 g/mol. The summed E-state index contributed by atoms with van der Waals surface area (Å²) in [5, 5.41) is 18.0. The zero-order chi connectivity index (χ0) is 12.2. The van der Waals surface area contributed by atoms with Crippen LogP contribution in [0.2, 0.25) is 5.02 Å². The number of nitriles is 1. The van der Waals surface area contributed by atoms with Crippen molar-refractivity contribution in [3.8, 4) is 6.07 Å². The van der Waals surface area contributed by atoms with E-state index in [2.05, 4.69) is 0 Å². The first-order chi connectivity index (χ1) is 7.45. The van der Waals surface area contributed by atoms with Crippen LogP contribution in [0, 0.1) is 11.3 Å².